The van der Waals surface area contributed by atoms with Crippen molar-refractivity contribution in [2.24, 2.45) is 0 Å². The number of carbonyl (C=O) groups excluding carboxylic acids is 1. The topological polar surface area (TPSA) is 78.3 Å². The molecule has 0 aliphatic carbocycles. The van der Waals surface area contributed by atoms with Gasteiger partial charge in [0.05, 0.1) is 30.2 Å². The molecular formula is C23H28N4O3S. The van der Waals surface area contributed by atoms with Crippen molar-refractivity contribution in [3.05, 3.63) is 48.5 Å². The van der Waals surface area contributed by atoms with E-state index in [2.05, 4.69) is 15.5 Å². The fraction of sp³-hybridized carbons (Fsp3) is 0.348. The number of amides is 1. The van der Waals surface area contributed by atoms with E-state index in [1.54, 1.807) is 7.11 Å². The van der Waals surface area contributed by atoms with Crippen LogP contribution in [0, 0.1) is 0 Å². The van der Waals surface area contributed by atoms with Crippen LogP contribution in [0.25, 0.3) is 17.1 Å². The molecule has 0 bridgehead atoms. The van der Waals surface area contributed by atoms with E-state index in [4.69, 9.17) is 9.47 Å². The van der Waals surface area contributed by atoms with Crippen molar-refractivity contribution in [3.8, 4) is 28.6 Å². The number of nitrogens with zero attached hydrogens (tertiary/aromatic N) is 3. The molecule has 0 unspecified atom stereocenters. The molecule has 3 aromatic rings. The lowest BCUT2D eigenvalue weighted by molar-refractivity contribution is -0.120. The molecule has 0 spiro atoms. The fourth-order valence-corrected chi connectivity index (χ4v) is 3.94. The number of aromatic nitrogens is 3. The molecule has 3 rings (SSSR count). The lowest BCUT2D eigenvalue weighted by atomic mass is 10.2. The highest BCUT2D eigenvalue weighted by Crippen LogP contribution is 2.34. The Balaban J connectivity index is 2.03. The quantitative estimate of drug-likeness (QED) is 0.472. The summed E-state index contributed by atoms with van der Waals surface area (Å²) in [4.78, 5) is 12.4. The van der Waals surface area contributed by atoms with E-state index >= 15 is 0 Å². The first kappa shape index (κ1) is 22.7. The van der Waals surface area contributed by atoms with Crippen molar-refractivity contribution in [1.82, 2.24) is 20.1 Å². The molecule has 1 heterocycles. The van der Waals surface area contributed by atoms with Crippen molar-refractivity contribution in [1.29, 1.82) is 0 Å². The predicted molar refractivity (Wildman–Crippen MR) is 123 cm³/mol. The number of carbonyl (C=O) groups is 1. The molecule has 7 nitrogen and oxygen atoms in total. The Morgan fingerprint density at radius 1 is 1.13 bits per heavy atom. The van der Waals surface area contributed by atoms with Crippen LogP contribution >= 0.6 is 11.8 Å². The van der Waals surface area contributed by atoms with Gasteiger partial charge in [0.25, 0.3) is 0 Å². The van der Waals surface area contributed by atoms with E-state index in [1.165, 1.54) is 11.8 Å². The summed E-state index contributed by atoms with van der Waals surface area (Å²) in [5, 5.41) is 12.1. The first-order valence-electron chi connectivity index (χ1n) is 10.3. The second-order valence-corrected chi connectivity index (χ2v) is 8.13. The first-order chi connectivity index (χ1) is 15.1. The Morgan fingerprint density at radius 3 is 2.55 bits per heavy atom. The van der Waals surface area contributed by atoms with E-state index < -0.39 is 0 Å². The molecule has 0 aliphatic heterocycles. The van der Waals surface area contributed by atoms with Crippen molar-refractivity contribution in [2.75, 3.05) is 20.3 Å². The van der Waals surface area contributed by atoms with Gasteiger partial charge in [0.2, 0.25) is 5.91 Å². The van der Waals surface area contributed by atoms with Crippen LogP contribution in [0.1, 0.15) is 27.2 Å². The number of ether oxygens (including phenoxy) is 2. The highest BCUT2D eigenvalue weighted by molar-refractivity contribution is 8.00. The minimum Gasteiger partial charge on any atom is -0.496 e. The van der Waals surface area contributed by atoms with Gasteiger partial charge in [-0.15, -0.1) is 10.2 Å². The lowest BCUT2D eigenvalue weighted by Gasteiger charge is -2.15. The molecule has 1 atom stereocenters. The summed E-state index contributed by atoms with van der Waals surface area (Å²) in [6, 6.07) is 15.4. The Labute approximate surface area is 187 Å². The Hall–Kier alpha value is -3.00. The second-order valence-electron chi connectivity index (χ2n) is 6.82. The third-order valence-electron chi connectivity index (χ3n) is 4.59. The molecule has 8 heteroatoms. The summed E-state index contributed by atoms with van der Waals surface area (Å²) in [5.41, 5.74) is 1.69. The molecule has 1 N–H and O–H groups in total. The van der Waals surface area contributed by atoms with Crippen LogP contribution in [-0.2, 0) is 4.79 Å². The van der Waals surface area contributed by atoms with Crippen LogP contribution in [0.4, 0.5) is 0 Å². The maximum atomic E-state index is 12.4. The third-order valence-corrected chi connectivity index (χ3v) is 5.63. The summed E-state index contributed by atoms with van der Waals surface area (Å²) in [5.74, 6) is 2.12. The van der Waals surface area contributed by atoms with Crippen molar-refractivity contribution in [2.45, 2.75) is 37.6 Å². The van der Waals surface area contributed by atoms with Crippen LogP contribution < -0.4 is 14.8 Å². The van der Waals surface area contributed by atoms with Gasteiger partial charge in [0.15, 0.2) is 11.0 Å². The Bertz CT molecular complexity index is 1000. The van der Waals surface area contributed by atoms with Gasteiger partial charge in [-0.05, 0) is 56.7 Å². The normalized spacial score (nSPS) is 11.7. The number of rotatable bonds is 10. The van der Waals surface area contributed by atoms with E-state index in [1.807, 2.05) is 73.9 Å². The van der Waals surface area contributed by atoms with Gasteiger partial charge in [0, 0.05) is 6.54 Å². The van der Waals surface area contributed by atoms with Gasteiger partial charge in [-0.1, -0.05) is 30.8 Å². The van der Waals surface area contributed by atoms with Crippen LogP contribution in [0.2, 0.25) is 0 Å². The van der Waals surface area contributed by atoms with Crippen LogP contribution in [0.3, 0.4) is 0 Å². The number of para-hydroxylation sites is 1. The van der Waals surface area contributed by atoms with Gasteiger partial charge < -0.3 is 14.8 Å². The number of hydrogen-bond acceptors (Lipinski definition) is 6. The van der Waals surface area contributed by atoms with E-state index in [0.29, 0.717) is 29.9 Å². The molecule has 0 radical (unpaired) electrons. The molecule has 1 aromatic heterocycles. The minimum absolute atomic E-state index is 0.0214. The monoisotopic (exact) mass is 440 g/mol. The van der Waals surface area contributed by atoms with Gasteiger partial charge in [-0.3, -0.25) is 9.36 Å². The van der Waals surface area contributed by atoms with Crippen molar-refractivity contribution >= 4 is 17.7 Å². The van der Waals surface area contributed by atoms with Crippen LogP contribution in [0.5, 0.6) is 11.5 Å². The number of nitrogens with one attached hydrogen (secondary N) is 1. The Kier molecular flexibility index (Phi) is 7.94. The lowest BCUT2D eigenvalue weighted by Crippen LogP contribution is -2.31. The summed E-state index contributed by atoms with van der Waals surface area (Å²) in [6.45, 7) is 7.11. The molecule has 2 aromatic carbocycles. The van der Waals surface area contributed by atoms with Crippen LogP contribution in [0.15, 0.2) is 53.7 Å². The third kappa shape index (κ3) is 5.38. The van der Waals surface area contributed by atoms with Gasteiger partial charge in [-0.2, -0.15) is 0 Å². The zero-order valence-electron chi connectivity index (χ0n) is 18.3. The van der Waals surface area contributed by atoms with Gasteiger partial charge >= 0.3 is 0 Å². The zero-order chi connectivity index (χ0) is 22.2. The van der Waals surface area contributed by atoms with E-state index in [-0.39, 0.29) is 11.2 Å². The summed E-state index contributed by atoms with van der Waals surface area (Å²) in [7, 11) is 1.63. The molecule has 1 amide bonds. The largest absolute Gasteiger partial charge is 0.496 e. The number of thioether (sulfide) groups is 1. The Morgan fingerprint density at radius 2 is 1.87 bits per heavy atom. The highest BCUT2D eigenvalue weighted by atomic mass is 32.2. The predicted octanol–water partition coefficient (Wildman–Crippen LogP) is 4.35. The molecule has 164 valence electrons. The smallest absolute Gasteiger partial charge is 0.233 e. The molecular weight excluding hydrogens is 412 g/mol. The second kappa shape index (κ2) is 10.9. The van der Waals surface area contributed by atoms with Crippen molar-refractivity contribution in [3.63, 3.8) is 0 Å². The standard InChI is InChI=1S/C23H28N4O3S/c1-5-15-24-22(28)16(3)31-23-26-25-21(19-9-7-8-10-20(19)29-4)27(23)17-11-13-18(14-12-17)30-6-2/h7-14,16H,5-6,15H2,1-4H3,(H,24,28)/t16-/m1/s1. The van der Waals surface area contributed by atoms with Gasteiger partial charge in [0.1, 0.15) is 11.5 Å². The molecule has 0 aliphatic rings. The summed E-state index contributed by atoms with van der Waals surface area (Å²) in [6.07, 6.45) is 0.892. The van der Waals surface area contributed by atoms with Gasteiger partial charge in [-0.25, -0.2) is 0 Å². The maximum Gasteiger partial charge on any atom is 0.233 e. The van der Waals surface area contributed by atoms with Crippen molar-refractivity contribution < 1.29 is 14.3 Å². The van der Waals surface area contributed by atoms with E-state index in [0.717, 1.165) is 23.4 Å². The summed E-state index contributed by atoms with van der Waals surface area (Å²) < 4.78 is 13.1. The van der Waals surface area contributed by atoms with E-state index in [9.17, 15) is 4.79 Å². The average molecular weight is 441 g/mol. The number of methoxy groups -OCH3 is 1. The van der Waals surface area contributed by atoms with Crippen LogP contribution in [-0.4, -0.2) is 46.2 Å². The fourth-order valence-electron chi connectivity index (χ4n) is 3.04. The first-order valence-corrected chi connectivity index (χ1v) is 11.2. The SMILES string of the molecule is CCCNC(=O)[C@@H](C)Sc1nnc(-c2ccccc2OC)n1-c1ccc(OCC)cc1. The number of hydrogen-bond donors (Lipinski definition) is 1. The average Bonchev–Trinajstić information content (AvgIpc) is 3.21. The molecule has 0 saturated heterocycles. The maximum absolute atomic E-state index is 12.4. The summed E-state index contributed by atoms with van der Waals surface area (Å²) >= 11 is 1.37. The zero-order valence-corrected chi connectivity index (χ0v) is 19.1. The number of benzene rings is 2. The molecule has 31 heavy (non-hydrogen) atoms. The molecule has 0 fully saturated rings. The molecule has 0 saturated carbocycles. The minimum atomic E-state index is -0.317. The highest BCUT2D eigenvalue weighted by Gasteiger charge is 2.23.